The summed E-state index contributed by atoms with van der Waals surface area (Å²) in [7, 11) is 2.92. The number of hydrogen-bond donors (Lipinski definition) is 0. The number of carbonyl (C=O) groups excluding carboxylic acids is 2. The quantitative estimate of drug-likeness (QED) is 0.544. The molecule has 8 nitrogen and oxygen atoms in total. The zero-order valence-corrected chi connectivity index (χ0v) is 17.5. The Kier molecular flexibility index (Phi) is 4.49. The molecule has 0 bridgehead atoms. The van der Waals surface area contributed by atoms with E-state index in [0.29, 0.717) is 17.6 Å². The number of halogens is 2. The molecule has 0 aromatic carbocycles. The molecule has 0 N–H and O–H groups in total. The van der Waals surface area contributed by atoms with Crippen LogP contribution < -0.4 is 0 Å². The molecule has 29 heavy (non-hydrogen) atoms. The number of methoxy groups -OCH3 is 1. The summed E-state index contributed by atoms with van der Waals surface area (Å²) in [5.41, 5.74) is 0.241. The Morgan fingerprint density at radius 1 is 1.34 bits per heavy atom. The highest BCUT2D eigenvalue weighted by Gasteiger charge is 2.67. The summed E-state index contributed by atoms with van der Waals surface area (Å²) in [4.78, 5) is 30.4. The number of fused-ring (bicyclic) bond motifs is 2. The number of esters is 1. The van der Waals surface area contributed by atoms with Gasteiger partial charge in [0.15, 0.2) is 11.0 Å². The molecule has 1 amide bonds. The van der Waals surface area contributed by atoms with Crippen molar-refractivity contribution in [2.24, 2.45) is 18.9 Å². The van der Waals surface area contributed by atoms with Gasteiger partial charge < -0.3 is 9.47 Å². The molecule has 4 atom stereocenters. The predicted octanol–water partition coefficient (Wildman–Crippen LogP) is 2.88. The van der Waals surface area contributed by atoms with Gasteiger partial charge in [-0.25, -0.2) is 19.0 Å². The lowest BCUT2D eigenvalue weighted by Gasteiger charge is -2.29. The van der Waals surface area contributed by atoms with Crippen LogP contribution in [0.5, 0.6) is 0 Å². The Morgan fingerprint density at radius 2 is 2.03 bits per heavy atom. The molecule has 1 aliphatic carbocycles. The molecular weight excluding hydrogens is 403 g/mol. The molecule has 3 heterocycles. The molecule has 2 unspecified atom stereocenters. The number of ether oxygens (including phenoxy) is 2. The highest BCUT2D eigenvalue weighted by molar-refractivity contribution is 6.30. The third kappa shape index (κ3) is 3.11. The molecule has 1 saturated carbocycles. The third-order valence-electron chi connectivity index (χ3n) is 5.53. The first-order valence-corrected chi connectivity index (χ1v) is 9.67. The van der Waals surface area contributed by atoms with Gasteiger partial charge in [-0.05, 0) is 26.7 Å². The van der Waals surface area contributed by atoms with Crippen molar-refractivity contribution in [1.82, 2.24) is 19.7 Å². The zero-order valence-electron chi connectivity index (χ0n) is 16.8. The van der Waals surface area contributed by atoms with Crippen LogP contribution in [0.15, 0.2) is 6.20 Å². The second kappa shape index (κ2) is 6.55. The van der Waals surface area contributed by atoms with Crippen LogP contribution in [-0.2, 0) is 21.3 Å². The molecular formula is C19H22ClFN4O4. The normalized spacial score (nSPS) is 25.8. The first-order chi connectivity index (χ1) is 13.5. The SMILES string of the molecule is COC(=O)[C@H]1C2C(CN1C(=O)OC(C)(C)C)[C@@H]2c1nn(C)c2c(F)c(Cl)ncc12. The smallest absolute Gasteiger partial charge is 0.411 e. The van der Waals surface area contributed by atoms with Crippen molar-refractivity contribution in [2.75, 3.05) is 13.7 Å². The average molecular weight is 425 g/mol. The van der Waals surface area contributed by atoms with Crippen LogP contribution in [0.4, 0.5) is 9.18 Å². The topological polar surface area (TPSA) is 86.5 Å². The molecule has 1 saturated heterocycles. The number of nitrogens with zero attached hydrogens (tertiary/aromatic N) is 4. The van der Waals surface area contributed by atoms with Crippen molar-refractivity contribution in [3.8, 4) is 0 Å². The van der Waals surface area contributed by atoms with Gasteiger partial charge in [0, 0.05) is 37.0 Å². The summed E-state index contributed by atoms with van der Waals surface area (Å²) in [6.45, 7) is 5.64. The summed E-state index contributed by atoms with van der Waals surface area (Å²) < 4.78 is 26.3. The Hall–Kier alpha value is -2.42. The first-order valence-electron chi connectivity index (χ1n) is 9.29. The van der Waals surface area contributed by atoms with E-state index >= 15 is 0 Å². The Labute approximate surface area is 171 Å². The van der Waals surface area contributed by atoms with Gasteiger partial charge in [0.2, 0.25) is 0 Å². The molecule has 10 heteroatoms. The van der Waals surface area contributed by atoms with E-state index in [1.807, 2.05) is 0 Å². The maximum atomic E-state index is 14.4. The fraction of sp³-hybridized carbons (Fsp3) is 0.579. The van der Waals surface area contributed by atoms with Crippen LogP contribution in [0, 0.1) is 17.7 Å². The molecule has 0 radical (unpaired) electrons. The van der Waals surface area contributed by atoms with Crippen molar-refractivity contribution in [1.29, 1.82) is 0 Å². The van der Waals surface area contributed by atoms with Crippen LogP contribution in [-0.4, -0.2) is 57.0 Å². The molecule has 1 aliphatic heterocycles. The number of aryl methyl sites for hydroxylation is 1. The van der Waals surface area contributed by atoms with Crippen molar-refractivity contribution in [3.05, 3.63) is 22.9 Å². The van der Waals surface area contributed by atoms with Crippen LogP contribution in [0.1, 0.15) is 32.4 Å². The first kappa shape index (κ1) is 19.9. The van der Waals surface area contributed by atoms with E-state index in [4.69, 9.17) is 21.1 Å². The number of piperidine rings is 1. The Balaban J connectivity index is 1.67. The second-order valence-corrected chi connectivity index (χ2v) is 8.86. The van der Waals surface area contributed by atoms with E-state index in [1.165, 1.54) is 22.9 Å². The molecule has 2 aromatic rings. The number of hydrogen-bond acceptors (Lipinski definition) is 6. The molecule has 156 valence electrons. The average Bonchev–Trinajstić information content (AvgIpc) is 3.01. The summed E-state index contributed by atoms with van der Waals surface area (Å²) in [6, 6.07) is -0.771. The summed E-state index contributed by atoms with van der Waals surface area (Å²) in [6.07, 6.45) is 0.944. The lowest BCUT2D eigenvalue weighted by atomic mass is 10.1. The standard InChI is InChI=1S/C19H22ClFN4O4/c1-19(2,3)29-18(27)25-7-9-10(11(9)15(25)17(26)28-5)13-8-6-22-16(20)12(21)14(8)24(4)23-13/h6,9-11,15H,7H2,1-5H3/t9?,10-,11?,15+/m0/s1. The molecule has 2 aromatic heterocycles. The highest BCUT2D eigenvalue weighted by Crippen LogP contribution is 2.62. The maximum Gasteiger partial charge on any atom is 0.411 e. The molecule has 2 aliphatic rings. The van der Waals surface area contributed by atoms with Gasteiger partial charge in [0.25, 0.3) is 0 Å². The zero-order chi connectivity index (χ0) is 21.2. The van der Waals surface area contributed by atoms with Crippen molar-refractivity contribution < 1.29 is 23.5 Å². The molecule has 2 fully saturated rings. The lowest BCUT2D eigenvalue weighted by Crippen LogP contribution is -2.46. The summed E-state index contributed by atoms with van der Waals surface area (Å²) in [5.74, 6) is -1.41. The van der Waals surface area contributed by atoms with Crippen LogP contribution in [0.3, 0.4) is 0 Å². The molecule has 0 spiro atoms. The van der Waals surface area contributed by atoms with Gasteiger partial charge in [-0.3, -0.25) is 9.58 Å². The monoisotopic (exact) mass is 424 g/mol. The molecule has 4 rings (SSSR count). The minimum Gasteiger partial charge on any atom is -0.467 e. The summed E-state index contributed by atoms with van der Waals surface area (Å²) >= 11 is 5.80. The second-order valence-electron chi connectivity index (χ2n) is 8.50. The van der Waals surface area contributed by atoms with E-state index in [9.17, 15) is 14.0 Å². The highest BCUT2D eigenvalue weighted by atomic mass is 35.5. The van der Waals surface area contributed by atoms with Crippen LogP contribution in [0.25, 0.3) is 10.9 Å². The fourth-order valence-corrected chi connectivity index (χ4v) is 4.52. The summed E-state index contributed by atoms with van der Waals surface area (Å²) in [5, 5.41) is 4.82. The number of likely N-dealkylation sites (tertiary alicyclic amines) is 1. The number of amides is 1. The van der Waals surface area contributed by atoms with Gasteiger partial charge >= 0.3 is 12.1 Å². The van der Waals surface area contributed by atoms with Gasteiger partial charge in [-0.1, -0.05) is 11.6 Å². The van der Waals surface area contributed by atoms with E-state index in [2.05, 4.69) is 10.1 Å². The third-order valence-corrected chi connectivity index (χ3v) is 5.80. The fourth-order valence-electron chi connectivity index (χ4n) is 4.38. The number of pyridine rings is 1. The number of rotatable bonds is 2. The van der Waals surface area contributed by atoms with Gasteiger partial charge in [0.1, 0.15) is 17.2 Å². The Morgan fingerprint density at radius 3 is 2.66 bits per heavy atom. The van der Waals surface area contributed by atoms with Gasteiger partial charge in [0.05, 0.1) is 12.8 Å². The Bertz CT molecular complexity index is 1020. The van der Waals surface area contributed by atoms with E-state index in [1.54, 1.807) is 27.8 Å². The van der Waals surface area contributed by atoms with E-state index in [0.717, 1.165) is 0 Å². The van der Waals surface area contributed by atoms with Gasteiger partial charge in [-0.15, -0.1) is 0 Å². The maximum absolute atomic E-state index is 14.4. The van der Waals surface area contributed by atoms with Gasteiger partial charge in [-0.2, -0.15) is 5.10 Å². The number of aromatic nitrogens is 3. The van der Waals surface area contributed by atoms with Crippen molar-refractivity contribution >= 4 is 34.6 Å². The van der Waals surface area contributed by atoms with E-state index in [-0.39, 0.29) is 28.4 Å². The number of carbonyl (C=O) groups is 2. The van der Waals surface area contributed by atoms with Crippen LogP contribution >= 0.6 is 11.6 Å². The minimum absolute atomic E-state index is 0.00320. The van der Waals surface area contributed by atoms with Crippen molar-refractivity contribution in [3.63, 3.8) is 0 Å². The van der Waals surface area contributed by atoms with Crippen molar-refractivity contribution in [2.45, 2.75) is 38.3 Å². The minimum atomic E-state index is -0.771. The largest absolute Gasteiger partial charge is 0.467 e. The predicted molar refractivity (Wildman–Crippen MR) is 102 cm³/mol. The van der Waals surface area contributed by atoms with Crippen LogP contribution in [0.2, 0.25) is 5.15 Å². The lowest BCUT2D eigenvalue weighted by molar-refractivity contribution is -0.146. The van der Waals surface area contributed by atoms with E-state index < -0.39 is 29.5 Å².